The van der Waals surface area contributed by atoms with Crippen LogP contribution in [0.3, 0.4) is 0 Å². The average molecular weight is 422 g/mol. The van der Waals surface area contributed by atoms with Crippen LogP contribution >= 0.6 is 7.82 Å². The highest BCUT2D eigenvalue weighted by atomic mass is 31.2. The zero-order valence-electron chi connectivity index (χ0n) is 16.6. The Morgan fingerprint density at radius 2 is 1.97 bits per heavy atom. The molecule has 158 valence electrons. The number of benzene rings is 1. The van der Waals surface area contributed by atoms with Crippen molar-refractivity contribution in [2.75, 3.05) is 18.9 Å². The summed E-state index contributed by atoms with van der Waals surface area (Å²) in [5.41, 5.74) is 8.44. The summed E-state index contributed by atoms with van der Waals surface area (Å²) < 4.78 is 23.5. The number of fused-ring (bicyclic) bond motifs is 3. The Labute approximate surface area is 169 Å². The number of hydrogen-bond donors (Lipinski definition) is 3. The SMILES string of the molecule is CCCC(CCOP(=O)(O)O)n1c(COCC)nc2c(N)nc3ccccc3c21. The number of imidazole rings is 1. The number of nitrogens with zero attached hydrogens (tertiary/aromatic N) is 3. The molecule has 0 aliphatic carbocycles. The fourth-order valence-corrected chi connectivity index (χ4v) is 3.94. The average Bonchev–Trinajstić information content (AvgIpc) is 3.05. The fourth-order valence-electron chi connectivity index (χ4n) is 3.60. The number of para-hydroxylation sites is 1. The van der Waals surface area contributed by atoms with Gasteiger partial charge in [-0.15, -0.1) is 0 Å². The first-order valence-corrected chi connectivity index (χ1v) is 11.2. The normalized spacial score (nSPS) is 13.4. The third-order valence-electron chi connectivity index (χ3n) is 4.76. The second kappa shape index (κ2) is 9.19. The van der Waals surface area contributed by atoms with E-state index in [1.165, 1.54) is 0 Å². The zero-order chi connectivity index (χ0) is 21.0. The number of nitrogen functional groups attached to an aromatic ring is 1. The van der Waals surface area contributed by atoms with E-state index in [0.29, 0.717) is 36.8 Å². The summed E-state index contributed by atoms with van der Waals surface area (Å²) in [6, 6.07) is 7.63. The van der Waals surface area contributed by atoms with Crippen LogP contribution in [0.1, 0.15) is 45.0 Å². The summed E-state index contributed by atoms with van der Waals surface area (Å²) in [4.78, 5) is 27.3. The van der Waals surface area contributed by atoms with Gasteiger partial charge in [-0.1, -0.05) is 31.5 Å². The summed E-state index contributed by atoms with van der Waals surface area (Å²) in [6.45, 7) is 4.75. The van der Waals surface area contributed by atoms with Crippen molar-refractivity contribution in [2.24, 2.45) is 0 Å². The highest BCUT2D eigenvalue weighted by Gasteiger charge is 2.24. The van der Waals surface area contributed by atoms with Crippen LogP contribution in [0.15, 0.2) is 24.3 Å². The molecule has 0 amide bonds. The van der Waals surface area contributed by atoms with E-state index in [9.17, 15) is 4.57 Å². The van der Waals surface area contributed by atoms with Gasteiger partial charge in [0.15, 0.2) is 5.82 Å². The van der Waals surface area contributed by atoms with Crippen LogP contribution in [0.2, 0.25) is 0 Å². The van der Waals surface area contributed by atoms with Gasteiger partial charge in [0.25, 0.3) is 0 Å². The number of rotatable bonds is 10. The standard InChI is InChI=1S/C19H27N4O5P/c1-3-7-13(10-11-28-29(24,25)26)23-16(12-27-4-2)22-17-18(23)14-8-5-6-9-15(14)21-19(17)20/h5-6,8-9,13H,3-4,7,10-12H2,1-2H3,(H2,20,21)(H2,24,25,26). The Morgan fingerprint density at radius 3 is 2.66 bits per heavy atom. The third-order valence-corrected chi connectivity index (χ3v) is 5.28. The maximum atomic E-state index is 11.1. The Morgan fingerprint density at radius 1 is 1.21 bits per heavy atom. The first-order valence-electron chi connectivity index (χ1n) is 9.68. The molecule has 2 heterocycles. The van der Waals surface area contributed by atoms with E-state index in [2.05, 4.69) is 16.5 Å². The van der Waals surface area contributed by atoms with Crippen molar-refractivity contribution < 1.29 is 23.6 Å². The van der Waals surface area contributed by atoms with Crippen molar-refractivity contribution in [3.05, 3.63) is 30.1 Å². The molecule has 9 nitrogen and oxygen atoms in total. The number of hydrogen-bond acceptors (Lipinski definition) is 6. The van der Waals surface area contributed by atoms with Gasteiger partial charge in [-0.25, -0.2) is 14.5 Å². The topological polar surface area (TPSA) is 133 Å². The molecule has 1 atom stereocenters. The van der Waals surface area contributed by atoms with Gasteiger partial charge >= 0.3 is 7.82 Å². The van der Waals surface area contributed by atoms with Gasteiger partial charge in [0.1, 0.15) is 17.9 Å². The summed E-state index contributed by atoms with van der Waals surface area (Å²) >= 11 is 0. The first kappa shape index (κ1) is 21.7. The molecule has 3 rings (SSSR count). The van der Waals surface area contributed by atoms with Crippen LogP contribution in [-0.4, -0.2) is 37.5 Å². The molecule has 2 aromatic heterocycles. The lowest BCUT2D eigenvalue weighted by Gasteiger charge is -2.22. The summed E-state index contributed by atoms with van der Waals surface area (Å²) in [5, 5.41) is 0.920. The van der Waals surface area contributed by atoms with Crippen molar-refractivity contribution in [1.29, 1.82) is 0 Å². The van der Waals surface area contributed by atoms with Crippen molar-refractivity contribution in [3.63, 3.8) is 0 Å². The number of pyridine rings is 1. The van der Waals surface area contributed by atoms with Gasteiger partial charge in [-0.2, -0.15) is 0 Å². The van der Waals surface area contributed by atoms with Crippen molar-refractivity contribution in [1.82, 2.24) is 14.5 Å². The van der Waals surface area contributed by atoms with Gasteiger partial charge in [0.05, 0.1) is 17.6 Å². The molecule has 1 unspecified atom stereocenters. The number of anilines is 1. The van der Waals surface area contributed by atoms with Crippen molar-refractivity contribution in [3.8, 4) is 0 Å². The molecule has 0 saturated carbocycles. The molecule has 1 aromatic carbocycles. The highest BCUT2D eigenvalue weighted by molar-refractivity contribution is 7.46. The molecule has 0 spiro atoms. The lowest BCUT2D eigenvalue weighted by atomic mass is 10.1. The van der Waals surface area contributed by atoms with Gasteiger partial charge in [-0.05, 0) is 25.8 Å². The monoisotopic (exact) mass is 422 g/mol. The first-order chi connectivity index (χ1) is 13.9. The maximum Gasteiger partial charge on any atom is 0.469 e. The Kier molecular flexibility index (Phi) is 6.87. The zero-order valence-corrected chi connectivity index (χ0v) is 17.5. The molecule has 0 fully saturated rings. The number of nitrogens with two attached hydrogens (primary N) is 1. The molecular weight excluding hydrogens is 395 g/mol. The van der Waals surface area contributed by atoms with Gasteiger partial charge < -0.3 is 24.8 Å². The van der Waals surface area contributed by atoms with Crippen LogP contribution in [0.5, 0.6) is 0 Å². The summed E-state index contributed by atoms with van der Waals surface area (Å²) in [7, 11) is -4.52. The number of phosphoric ester groups is 1. The lowest BCUT2D eigenvalue weighted by molar-refractivity contribution is 0.123. The Bertz CT molecular complexity index is 1030. The minimum atomic E-state index is -4.52. The highest BCUT2D eigenvalue weighted by Crippen LogP contribution is 2.38. The predicted octanol–water partition coefficient (Wildman–Crippen LogP) is 3.54. The predicted molar refractivity (Wildman–Crippen MR) is 111 cm³/mol. The van der Waals surface area contributed by atoms with Crippen molar-refractivity contribution in [2.45, 2.75) is 45.8 Å². The Hall–Kier alpha value is -2.03. The molecule has 3 aromatic rings. The van der Waals surface area contributed by atoms with Gasteiger partial charge in [0.2, 0.25) is 0 Å². The largest absolute Gasteiger partial charge is 0.469 e. The summed E-state index contributed by atoms with van der Waals surface area (Å²) in [6.07, 6.45) is 2.08. The maximum absolute atomic E-state index is 11.1. The van der Waals surface area contributed by atoms with Gasteiger partial charge in [0, 0.05) is 18.0 Å². The second-order valence-electron chi connectivity index (χ2n) is 6.80. The molecule has 0 bridgehead atoms. The van der Waals surface area contributed by atoms with Crippen LogP contribution in [-0.2, 0) is 20.4 Å². The lowest BCUT2D eigenvalue weighted by Crippen LogP contribution is -2.15. The van der Waals surface area contributed by atoms with Crippen LogP contribution < -0.4 is 5.73 Å². The molecule has 0 aliphatic heterocycles. The number of ether oxygens (including phenoxy) is 1. The molecule has 0 radical (unpaired) electrons. The smallest absolute Gasteiger partial charge is 0.382 e. The Balaban J connectivity index is 2.16. The molecule has 29 heavy (non-hydrogen) atoms. The molecular formula is C19H27N4O5P. The van der Waals surface area contributed by atoms with E-state index in [1.54, 1.807) is 0 Å². The van der Waals surface area contributed by atoms with E-state index < -0.39 is 7.82 Å². The summed E-state index contributed by atoms with van der Waals surface area (Å²) in [5.74, 6) is 1.05. The van der Waals surface area contributed by atoms with E-state index in [-0.39, 0.29) is 12.6 Å². The van der Waals surface area contributed by atoms with E-state index in [0.717, 1.165) is 29.3 Å². The second-order valence-corrected chi connectivity index (χ2v) is 8.04. The molecule has 0 saturated heterocycles. The molecule has 4 N–H and O–H groups in total. The quantitative estimate of drug-likeness (QED) is 0.423. The van der Waals surface area contributed by atoms with Crippen LogP contribution in [0.4, 0.5) is 5.82 Å². The fraction of sp³-hybridized carbons (Fsp3) is 0.474. The van der Waals surface area contributed by atoms with Crippen LogP contribution in [0, 0.1) is 0 Å². The van der Waals surface area contributed by atoms with Crippen molar-refractivity contribution >= 4 is 35.6 Å². The van der Waals surface area contributed by atoms with E-state index in [1.807, 2.05) is 31.2 Å². The number of phosphoric acid groups is 1. The minimum Gasteiger partial charge on any atom is -0.382 e. The van der Waals surface area contributed by atoms with E-state index >= 15 is 0 Å². The van der Waals surface area contributed by atoms with Crippen LogP contribution in [0.25, 0.3) is 21.9 Å². The minimum absolute atomic E-state index is 0.0683. The number of aromatic nitrogens is 3. The third kappa shape index (κ3) is 4.94. The van der Waals surface area contributed by atoms with Gasteiger partial charge in [-0.3, -0.25) is 4.52 Å². The molecule has 10 heteroatoms. The molecule has 0 aliphatic rings. The van der Waals surface area contributed by atoms with E-state index in [4.69, 9.17) is 29.8 Å².